The van der Waals surface area contributed by atoms with Crippen LogP contribution in [0, 0.1) is 0 Å². The van der Waals surface area contributed by atoms with E-state index in [0.717, 1.165) is 5.56 Å². The van der Waals surface area contributed by atoms with Gasteiger partial charge in [-0.1, -0.05) is 6.07 Å². The van der Waals surface area contributed by atoms with Crippen LogP contribution in [0.5, 0.6) is 0 Å². The average Bonchev–Trinajstić information content (AvgIpc) is 2.02. The first-order valence-electron chi connectivity index (χ1n) is 4.15. The summed E-state index contributed by atoms with van der Waals surface area (Å²) in [6, 6.07) is 3.86. The summed E-state index contributed by atoms with van der Waals surface area (Å²) in [5, 5.41) is 8.61. The number of amides is 1. The number of carbonyl (C=O) groups is 1. The molecule has 1 aromatic rings. The largest absolute Gasteiger partial charge is 0.465 e. The van der Waals surface area contributed by atoms with Crippen LogP contribution >= 0.6 is 0 Å². The highest BCUT2D eigenvalue weighted by atomic mass is 16.4. The Morgan fingerprint density at radius 3 is 2.92 bits per heavy atom. The van der Waals surface area contributed by atoms with Crippen molar-refractivity contribution in [2.45, 2.75) is 5.92 Å². The van der Waals surface area contributed by atoms with Crippen LogP contribution in [-0.4, -0.2) is 34.2 Å². The Morgan fingerprint density at radius 1 is 1.62 bits per heavy atom. The molecule has 0 atom stereocenters. The molecule has 2 rings (SSSR count). The highest BCUT2D eigenvalue weighted by molar-refractivity contribution is 5.66. The topological polar surface area (TPSA) is 53.4 Å². The molecule has 1 aliphatic heterocycles. The zero-order valence-corrected chi connectivity index (χ0v) is 7.05. The molecule has 0 aromatic carbocycles. The summed E-state index contributed by atoms with van der Waals surface area (Å²) in [5.74, 6) is 0.338. The summed E-state index contributed by atoms with van der Waals surface area (Å²) in [7, 11) is 0. The third kappa shape index (κ3) is 1.47. The molecule has 4 nitrogen and oxygen atoms in total. The number of hydrogen-bond acceptors (Lipinski definition) is 2. The van der Waals surface area contributed by atoms with Crippen LogP contribution in [0.3, 0.4) is 0 Å². The predicted molar refractivity (Wildman–Crippen MR) is 46.6 cm³/mol. The van der Waals surface area contributed by atoms with E-state index in [-0.39, 0.29) is 0 Å². The maximum absolute atomic E-state index is 10.5. The van der Waals surface area contributed by atoms with E-state index in [9.17, 15) is 4.79 Å². The van der Waals surface area contributed by atoms with Gasteiger partial charge in [-0.05, 0) is 11.6 Å². The lowest BCUT2D eigenvalue weighted by Gasteiger charge is -2.37. The van der Waals surface area contributed by atoms with Gasteiger partial charge in [0.2, 0.25) is 0 Å². The number of nitrogens with zero attached hydrogens (tertiary/aromatic N) is 2. The second kappa shape index (κ2) is 3.05. The van der Waals surface area contributed by atoms with Gasteiger partial charge >= 0.3 is 6.09 Å². The molecule has 0 aliphatic carbocycles. The van der Waals surface area contributed by atoms with Gasteiger partial charge in [-0.15, -0.1) is 0 Å². The van der Waals surface area contributed by atoms with E-state index >= 15 is 0 Å². The summed E-state index contributed by atoms with van der Waals surface area (Å²) in [6.45, 7) is 1.20. The van der Waals surface area contributed by atoms with E-state index in [4.69, 9.17) is 5.11 Å². The lowest BCUT2D eigenvalue weighted by atomic mass is 9.93. The molecule has 1 N–H and O–H groups in total. The van der Waals surface area contributed by atoms with Crippen LogP contribution in [0.1, 0.15) is 11.5 Å². The monoisotopic (exact) mass is 178 g/mol. The van der Waals surface area contributed by atoms with Crippen LogP contribution in [0.15, 0.2) is 24.5 Å². The zero-order valence-electron chi connectivity index (χ0n) is 7.05. The maximum Gasteiger partial charge on any atom is 0.407 e. The Morgan fingerprint density at radius 2 is 2.38 bits per heavy atom. The molecule has 1 amide bonds. The summed E-state index contributed by atoms with van der Waals surface area (Å²) in [6.07, 6.45) is 2.68. The van der Waals surface area contributed by atoms with Crippen molar-refractivity contribution >= 4 is 6.09 Å². The molecule has 68 valence electrons. The van der Waals surface area contributed by atoms with E-state index in [1.165, 1.54) is 4.90 Å². The Kier molecular flexibility index (Phi) is 1.88. The summed E-state index contributed by atoms with van der Waals surface area (Å²) in [4.78, 5) is 15.9. The second-order valence-electron chi connectivity index (χ2n) is 3.17. The van der Waals surface area contributed by atoms with E-state index in [0.29, 0.717) is 19.0 Å². The Balaban J connectivity index is 1.98. The van der Waals surface area contributed by atoms with Crippen molar-refractivity contribution in [3.63, 3.8) is 0 Å². The number of carboxylic acid groups (broad SMARTS) is 1. The first kappa shape index (κ1) is 8.04. The van der Waals surface area contributed by atoms with Crippen LogP contribution in [-0.2, 0) is 0 Å². The number of rotatable bonds is 1. The Hall–Kier alpha value is -1.58. The first-order valence-corrected chi connectivity index (χ1v) is 4.15. The predicted octanol–water partition coefficient (Wildman–Crippen LogP) is 1.16. The zero-order chi connectivity index (χ0) is 9.26. The van der Waals surface area contributed by atoms with Crippen LogP contribution in [0.2, 0.25) is 0 Å². The molecule has 1 saturated heterocycles. The Labute approximate surface area is 75.8 Å². The SMILES string of the molecule is O=C(O)N1CC(c2cccnc2)C1. The minimum Gasteiger partial charge on any atom is -0.465 e. The second-order valence-corrected chi connectivity index (χ2v) is 3.17. The molecule has 13 heavy (non-hydrogen) atoms. The van der Waals surface area contributed by atoms with Gasteiger partial charge in [0, 0.05) is 31.4 Å². The molecule has 0 bridgehead atoms. The molecule has 1 aliphatic rings. The van der Waals surface area contributed by atoms with Crippen molar-refractivity contribution in [3.05, 3.63) is 30.1 Å². The molecule has 2 heterocycles. The third-order valence-electron chi connectivity index (χ3n) is 2.31. The normalized spacial score (nSPS) is 16.8. The van der Waals surface area contributed by atoms with Crippen LogP contribution < -0.4 is 0 Å². The third-order valence-corrected chi connectivity index (χ3v) is 2.31. The van der Waals surface area contributed by atoms with Crippen LogP contribution in [0.4, 0.5) is 4.79 Å². The number of pyridine rings is 1. The van der Waals surface area contributed by atoms with Crippen molar-refractivity contribution in [3.8, 4) is 0 Å². The molecule has 1 aromatic heterocycles. The fourth-order valence-corrected chi connectivity index (χ4v) is 1.46. The van der Waals surface area contributed by atoms with Crippen molar-refractivity contribution in [2.24, 2.45) is 0 Å². The first-order chi connectivity index (χ1) is 6.27. The molecule has 0 spiro atoms. The Bertz CT molecular complexity index is 307. The standard InChI is InChI=1S/C9H10N2O2/c12-9(13)11-5-8(6-11)7-2-1-3-10-4-7/h1-4,8H,5-6H2,(H,12,13). The van der Waals surface area contributed by atoms with Crippen molar-refractivity contribution < 1.29 is 9.90 Å². The van der Waals surface area contributed by atoms with Gasteiger partial charge in [0.15, 0.2) is 0 Å². The molecular formula is C9H10N2O2. The molecule has 0 radical (unpaired) electrons. The van der Waals surface area contributed by atoms with Gasteiger partial charge < -0.3 is 10.0 Å². The summed E-state index contributed by atoms with van der Waals surface area (Å²) < 4.78 is 0. The van der Waals surface area contributed by atoms with Crippen LogP contribution in [0.25, 0.3) is 0 Å². The van der Waals surface area contributed by atoms with E-state index in [1.807, 2.05) is 12.1 Å². The highest BCUT2D eigenvalue weighted by Gasteiger charge is 2.31. The van der Waals surface area contributed by atoms with E-state index < -0.39 is 6.09 Å². The van der Waals surface area contributed by atoms with E-state index in [1.54, 1.807) is 12.4 Å². The molecule has 4 heteroatoms. The highest BCUT2D eigenvalue weighted by Crippen LogP contribution is 2.25. The smallest absolute Gasteiger partial charge is 0.407 e. The molecular weight excluding hydrogens is 168 g/mol. The number of aromatic nitrogens is 1. The minimum atomic E-state index is -0.833. The maximum atomic E-state index is 10.5. The summed E-state index contributed by atoms with van der Waals surface area (Å²) >= 11 is 0. The minimum absolute atomic E-state index is 0.338. The lowest BCUT2D eigenvalue weighted by Crippen LogP contribution is -2.47. The lowest BCUT2D eigenvalue weighted by molar-refractivity contribution is 0.105. The van der Waals surface area contributed by atoms with Gasteiger partial charge in [0.1, 0.15) is 0 Å². The quantitative estimate of drug-likeness (QED) is 0.702. The van der Waals surface area contributed by atoms with Gasteiger partial charge in [-0.3, -0.25) is 4.98 Å². The van der Waals surface area contributed by atoms with E-state index in [2.05, 4.69) is 4.98 Å². The van der Waals surface area contributed by atoms with Gasteiger partial charge in [0.25, 0.3) is 0 Å². The van der Waals surface area contributed by atoms with Crippen molar-refractivity contribution in [1.82, 2.24) is 9.88 Å². The molecule has 0 unspecified atom stereocenters. The fraction of sp³-hybridized carbons (Fsp3) is 0.333. The molecule has 1 fully saturated rings. The fourth-order valence-electron chi connectivity index (χ4n) is 1.46. The number of hydrogen-bond donors (Lipinski definition) is 1. The summed E-state index contributed by atoms with van der Waals surface area (Å²) in [5.41, 5.74) is 1.13. The molecule has 0 saturated carbocycles. The van der Waals surface area contributed by atoms with Gasteiger partial charge in [-0.2, -0.15) is 0 Å². The van der Waals surface area contributed by atoms with Gasteiger partial charge in [-0.25, -0.2) is 4.79 Å². The van der Waals surface area contributed by atoms with Gasteiger partial charge in [0.05, 0.1) is 0 Å². The average molecular weight is 178 g/mol. The van der Waals surface area contributed by atoms with Crippen molar-refractivity contribution in [2.75, 3.05) is 13.1 Å². The van der Waals surface area contributed by atoms with Crippen molar-refractivity contribution in [1.29, 1.82) is 0 Å². The number of likely N-dealkylation sites (tertiary alicyclic amines) is 1.